The number of aryl methyl sites for hydroxylation is 1. The van der Waals surface area contributed by atoms with E-state index in [-0.39, 0.29) is 18.4 Å². The lowest BCUT2D eigenvalue weighted by Gasteiger charge is -2.17. The lowest BCUT2D eigenvalue weighted by atomic mass is 9.88. The van der Waals surface area contributed by atoms with Crippen LogP contribution in [0.15, 0.2) is 48.5 Å². The molecule has 0 heterocycles. The number of benzene rings is 2. The van der Waals surface area contributed by atoms with Crippen molar-refractivity contribution in [2.24, 2.45) is 0 Å². The van der Waals surface area contributed by atoms with Crippen molar-refractivity contribution in [3.63, 3.8) is 0 Å². The van der Waals surface area contributed by atoms with Gasteiger partial charge in [-0.3, -0.25) is 4.79 Å². The Morgan fingerprint density at radius 1 is 1.00 bits per heavy atom. The summed E-state index contributed by atoms with van der Waals surface area (Å²) in [6.07, 6.45) is 0.200. The second kappa shape index (κ2) is 7.12. The number of rotatable bonds is 6. The van der Waals surface area contributed by atoms with E-state index in [1.165, 1.54) is 5.56 Å². The molecule has 116 valence electrons. The third-order valence-corrected chi connectivity index (χ3v) is 3.51. The van der Waals surface area contributed by atoms with E-state index in [0.717, 1.165) is 16.9 Å². The molecule has 1 atom stereocenters. The molecule has 2 rings (SSSR count). The lowest BCUT2D eigenvalue weighted by Crippen LogP contribution is -2.09. The number of ether oxygens (including phenoxy) is 1. The van der Waals surface area contributed by atoms with E-state index in [0.29, 0.717) is 0 Å². The van der Waals surface area contributed by atoms with Gasteiger partial charge in [0.15, 0.2) is 0 Å². The first-order valence-electron chi connectivity index (χ1n) is 7.50. The molecule has 3 heteroatoms. The molecule has 3 nitrogen and oxygen atoms in total. The molecule has 0 aromatic heterocycles. The highest BCUT2D eigenvalue weighted by molar-refractivity contribution is 5.69. The highest BCUT2D eigenvalue weighted by atomic mass is 16.5. The Morgan fingerprint density at radius 3 is 1.95 bits per heavy atom. The predicted molar refractivity (Wildman–Crippen MR) is 87.5 cm³/mol. The summed E-state index contributed by atoms with van der Waals surface area (Å²) in [7, 11) is 0. The SMILES string of the molecule is Cc1ccc(C(CC(=O)O)c2ccc(OC(C)C)cc2)cc1. The van der Waals surface area contributed by atoms with Gasteiger partial charge >= 0.3 is 5.97 Å². The number of carboxylic acid groups (broad SMARTS) is 1. The summed E-state index contributed by atoms with van der Waals surface area (Å²) < 4.78 is 5.64. The summed E-state index contributed by atoms with van der Waals surface area (Å²) in [6, 6.07) is 15.7. The Morgan fingerprint density at radius 2 is 1.50 bits per heavy atom. The van der Waals surface area contributed by atoms with E-state index in [9.17, 15) is 9.90 Å². The normalized spacial score (nSPS) is 12.2. The van der Waals surface area contributed by atoms with Crippen molar-refractivity contribution in [3.05, 3.63) is 65.2 Å². The molecule has 0 saturated carbocycles. The first-order valence-corrected chi connectivity index (χ1v) is 7.50. The maximum absolute atomic E-state index is 11.2. The van der Waals surface area contributed by atoms with Gasteiger partial charge in [-0.25, -0.2) is 0 Å². The van der Waals surface area contributed by atoms with Gasteiger partial charge in [-0.2, -0.15) is 0 Å². The van der Waals surface area contributed by atoms with E-state index in [4.69, 9.17) is 4.74 Å². The molecule has 0 aliphatic carbocycles. The van der Waals surface area contributed by atoms with Gasteiger partial charge in [0.05, 0.1) is 12.5 Å². The molecule has 0 aliphatic rings. The molecule has 2 aromatic carbocycles. The van der Waals surface area contributed by atoms with Crippen molar-refractivity contribution in [1.29, 1.82) is 0 Å². The van der Waals surface area contributed by atoms with Crippen LogP contribution in [0, 0.1) is 6.92 Å². The molecule has 22 heavy (non-hydrogen) atoms. The van der Waals surface area contributed by atoms with Crippen LogP contribution in [0.25, 0.3) is 0 Å². The van der Waals surface area contributed by atoms with Gasteiger partial charge in [-0.05, 0) is 44.0 Å². The van der Waals surface area contributed by atoms with Crippen LogP contribution in [0.1, 0.15) is 42.9 Å². The summed E-state index contributed by atoms with van der Waals surface area (Å²) in [5.74, 6) is -0.143. The lowest BCUT2D eigenvalue weighted by molar-refractivity contribution is -0.137. The minimum Gasteiger partial charge on any atom is -0.491 e. The molecule has 0 fully saturated rings. The van der Waals surface area contributed by atoms with Gasteiger partial charge in [0.2, 0.25) is 0 Å². The van der Waals surface area contributed by atoms with E-state index in [1.807, 2.05) is 69.3 Å². The molecule has 1 unspecified atom stereocenters. The van der Waals surface area contributed by atoms with E-state index in [1.54, 1.807) is 0 Å². The Labute approximate surface area is 131 Å². The topological polar surface area (TPSA) is 46.5 Å². The van der Waals surface area contributed by atoms with Crippen LogP contribution in [0.2, 0.25) is 0 Å². The molecule has 0 radical (unpaired) electrons. The summed E-state index contributed by atoms with van der Waals surface area (Å²) in [5.41, 5.74) is 3.17. The Kier molecular flexibility index (Phi) is 5.21. The molecule has 1 N–H and O–H groups in total. The van der Waals surface area contributed by atoms with Crippen molar-refractivity contribution in [2.45, 2.75) is 39.2 Å². The smallest absolute Gasteiger partial charge is 0.304 e. The first kappa shape index (κ1) is 16.1. The minimum atomic E-state index is -0.798. The average Bonchev–Trinajstić information content (AvgIpc) is 2.46. The molecular formula is C19H22O3. The van der Waals surface area contributed by atoms with Gasteiger partial charge in [-0.1, -0.05) is 42.0 Å². The van der Waals surface area contributed by atoms with Crippen LogP contribution in [0.3, 0.4) is 0 Å². The molecule has 2 aromatic rings. The van der Waals surface area contributed by atoms with Crippen LogP contribution in [-0.2, 0) is 4.79 Å². The van der Waals surface area contributed by atoms with Crippen molar-refractivity contribution in [2.75, 3.05) is 0 Å². The Bertz CT molecular complexity index is 612. The number of aliphatic carboxylic acids is 1. The minimum absolute atomic E-state index is 0.0768. The van der Waals surface area contributed by atoms with Crippen LogP contribution in [0.4, 0.5) is 0 Å². The predicted octanol–water partition coefficient (Wildman–Crippen LogP) is 4.39. The maximum atomic E-state index is 11.2. The van der Waals surface area contributed by atoms with Gasteiger partial charge in [-0.15, -0.1) is 0 Å². The highest BCUT2D eigenvalue weighted by Gasteiger charge is 2.18. The molecular weight excluding hydrogens is 276 g/mol. The second-order valence-corrected chi connectivity index (χ2v) is 5.80. The number of carbonyl (C=O) groups is 1. The standard InChI is InChI=1S/C19H22O3/c1-13(2)22-17-10-8-16(9-11-17)18(12-19(20)21)15-6-4-14(3)5-7-15/h4-11,13,18H,12H2,1-3H3,(H,20,21). The van der Waals surface area contributed by atoms with E-state index < -0.39 is 5.97 Å². The van der Waals surface area contributed by atoms with Gasteiger partial charge in [0.25, 0.3) is 0 Å². The van der Waals surface area contributed by atoms with Crippen LogP contribution < -0.4 is 4.74 Å². The summed E-state index contributed by atoms with van der Waals surface area (Å²) in [4.78, 5) is 11.2. The number of hydrogen-bond donors (Lipinski definition) is 1. The van der Waals surface area contributed by atoms with E-state index >= 15 is 0 Å². The van der Waals surface area contributed by atoms with Gasteiger partial charge < -0.3 is 9.84 Å². The number of hydrogen-bond acceptors (Lipinski definition) is 2. The first-order chi connectivity index (χ1) is 10.5. The summed E-state index contributed by atoms with van der Waals surface area (Å²) in [6.45, 7) is 5.98. The maximum Gasteiger partial charge on any atom is 0.304 e. The van der Waals surface area contributed by atoms with Gasteiger partial charge in [0.1, 0.15) is 5.75 Å². The Hall–Kier alpha value is -2.29. The van der Waals surface area contributed by atoms with Crippen molar-refractivity contribution < 1.29 is 14.6 Å². The molecule has 0 spiro atoms. The quantitative estimate of drug-likeness (QED) is 0.860. The Balaban J connectivity index is 2.28. The zero-order valence-electron chi connectivity index (χ0n) is 13.2. The molecule has 0 bridgehead atoms. The van der Waals surface area contributed by atoms with Crippen LogP contribution >= 0.6 is 0 Å². The fourth-order valence-electron chi connectivity index (χ4n) is 2.45. The number of carboxylic acids is 1. The van der Waals surface area contributed by atoms with Crippen molar-refractivity contribution in [1.82, 2.24) is 0 Å². The third-order valence-electron chi connectivity index (χ3n) is 3.51. The van der Waals surface area contributed by atoms with Crippen LogP contribution in [-0.4, -0.2) is 17.2 Å². The monoisotopic (exact) mass is 298 g/mol. The zero-order chi connectivity index (χ0) is 16.1. The average molecular weight is 298 g/mol. The largest absolute Gasteiger partial charge is 0.491 e. The highest BCUT2D eigenvalue weighted by Crippen LogP contribution is 2.29. The molecule has 0 saturated heterocycles. The molecule has 0 amide bonds. The second-order valence-electron chi connectivity index (χ2n) is 5.80. The molecule has 0 aliphatic heterocycles. The van der Waals surface area contributed by atoms with Gasteiger partial charge in [0, 0.05) is 5.92 Å². The zero-order valence-corrected chi connectivity index (χ0v) is 13.2. The van der Waals surface area contributed by atoms with Crippen molar-refractivity contribution in [3.8, 4) is 5.75 Å². The summed E-state index contributed by atoms with van der Waals surface area (Å²) >= 11 is 0. The van der Waals surface area contributed by atoms with Crippen LogP contribution in [0.5, 0.6) is 5.75 Å². The summed E-state index contributed by atoms with van der Waals surface area (Å²) in [5, 5.41) is 9.21. The van der Waals surface area contributed by atoms with E-state index in [2.05, 4.69) is 0 Å². The fourth-order valence-corrected chi connectivity index (χ4v) is 2.45. The van der Waals surface area contributed by atoms with Crippen molar-refractivity contribution >= 4 is 5.97 Å². The fraction of sp³-hybridized carbons (Fsp3) is 0.316. The third kappa shape index (κ3) is 4.35.